The number of rotatable bonds is 12. The first-order valence-electron chi connectivity index (χ1n) is 24.7. The van der Waals surface area contributed by atoms with Gasteiger partial charge in [0.15, 0.2) is 54.1 Å². The first kappa shape index (κ1) is 65.2. The number of halogens is 7. The summed E-state index contributed by atoms with van der Waals surface area (Å²) in [6.45, 7) is -1.67. The monoisotopic (exact) mass is 1440 g/mol. The Morgan fingerprint density at radius 1 is 0.593 bits per heavy atom. The summed E-state index contributed by atoms with van der Waals surface area (Å²) in [5, 5.41) is 69.7. The summed E-state index contributed by atoms with van der Waals surface area (Å²) in [6.07, 6.45) is -13.6. The van der Waals surface area contributed by atoms with E-state index in [1.165, 1.54) is 51.9 Å². The molecule has 3 aliphatic heterocycles. The number of aromatic nitrogens is 12. The average molecular weight is 1440 g/mol. The highest BCUT2D eigenvalue weighted by atomic mass is 127. The lowest BCUT2D eigenvalue weighted by Crippen LogP contribution is -2.33. The molecule has 0 saturated carbocycles. The molecule has 3 aromatic carbocycles. The van der Waals surface area contributed by atoms with E-state index in [-0.39, 0.29) is 28.7 Å². The molecular formula is C48H47Cl3F3IN16O11S4. The standard InChI is InChI=1S/C16H16ClFN6O5S2.C16H15ClFN5O3S.C10H11FIN5O3.C6H5ClS/c17-7-2-1-3-8(4-7)30-15-10-13(19)21-6-22-14(10)24(23-15)16-11(18)12(25)9(29-16)5-28-31(20,26)27;17-7-2-1-3-8(4-7)27-15-10-13(19)20-6-21-14(10)23(22-15)16-11(18)12(25)9(5-24)26-16;11-5-6(19)3(1-18)20-10(5)17-9-4(7(12)16-17)8(13)14-2-15-9;7-5-2-1-3-6(8)4-5/h1-4,6,9,11-12,16,25H,5H2,(H2,19,21,22)(H2,20,26,27);1-4,6,9,11-12,16,24-25H,5H2,(H2,19,20,21);2-3,5-6,10,18-19H,1H2,(H2,13,14,15);1-4,8H/t2*9-,11+,12-,16-;3-,5+,6-,10-;/m111./s1. The first-order chi connectivity index (χ1) is 41.0. The van der Waals surface area contributed by atoms with E-state index in [1.807, 2.05) is 46.9 Å². The van der Waals surface area contributed by atoms with Crippen molar-refractivity contribution in [1.29, 1.82) is 0 Å². The lowest BCUT2D eigenvalue weighted by molar-refractivity contribution is -0.0509. The minimum absolute atomic E-state index is 0.115. The molecule has 12 atom stereocenters. The third kappa shape index (κ3) is 14.6. The Morgan fingerprint density at radius 2 is 0.965 bits per heavy atom. The number of anilines is 3. The summed E-state index contributed by atoms with van der Waals surface area (Å²) < 4.78 is 90.3. The van der Waals surface area contributed by atoms with Gasteiger partial charge in [0, 0.05) is 29.8 Å². The van der Waals surface area contributed by atoms with E-state index in [9.17, 15) is 42.0 Å². The molecule has 3 fully saturated rings. The maximum atomic E-state index is 14.9. The van der Waals surface area contributed by atoms with Crippen LogP contribution in [0.1, 0.15) is 18.7 Å². The zero-order valence-electron chi connectivity index (χ0n) is 43.4. The lowest BCUT2D eigenvalue weighted by atomic mass is 10.1. The highest BCUT2D eigenvalue weighted by Crippen LogP contribution is 2.42. The van der Waals surface area contributed by atoms with E-state index in [4.69, 9.17) is 76.5 Å². The van der Waals surface area contributed by atoms with Gasteiger partial charge in [0.1, 0.15) is 86.8 Å². The molecule has 9 aromatic rings. The smallest absolute Gasteiger partial charge is 0.333 e. The van der Waals surface area contributed by atoms with Crippen LogP contribution in [0.25, 0.3) is 33.1 Å². The predicted octanol–water partition coefficient (Wildman–Crippen LogP) is 5.06. The maximum absolute atomic E-state index is 14.9. The molecule has 0 aliphatic carbocycles. The minimum atomic E-state index is -4.30. The molecule has 0 amide bonds. The highest BCUT2D eigenvalue weighted by molar-refractivity contribution is 14.1. The Labute approximate surface area is 526 Å². The molecule has 3 saturated heterocycles. The van der Waals surface area contributed by atoms with Gasteiger partial charge in [0.05, 0.1) is 36.0 Å². The van der Waals surface area contributed by atoms with Crippen LogP contribution in [0.3, 0.4) is 0 Å². The first-order valence-corrected chi connectivity index (χ1v) is 30.5. The molecule has 6 aromatic heterocycles. The number of fused-ring (bicyclic) bond motifs is 3. The van der Waals surface area contributed by atoms with Crippen LogP contribution in [0.4, 0.5) is 30.6 Å². The molecule has 0 bridgehead atoms. The van der Waals surface area contributed by atoms with Crippen molar-refractivity contribution in [3.63, 3.8) is 0 Å². The van der Waals surface area contributed by atoms with Crippen LogP contribution in [-0.4, -0.2) is 168 Å². The number of aliphatic hydroxyl groups is 5. The number of nitrogen functional groups attached to an aromatic ring is 3. The second kappa shape index (κ2) is 28.0. The van der Waals surface area contributed by atoms with Crippen molar-refractivity contribution in [3.05, 3.63) is 111 Å². The Balaban J connectivity index is 0.000000147. The van der Waals surface area contributed by atoms with Crippen molar-refractivity contribution in [2.24, 2.45) is 5.14 Å². The van der Waals surface area contributed by atoms with Gasteiger partial charge in [-0.15, -0.1) is 12.6 Å². The SMILES string of the molecule is Nc1ncnc2c1c(I)nn2[C@@H]1O[C@H](CO)[C@@H](O)[C@@H]1F.Nc1ncnc2c1c(Sc1cccc(Cl)c1)nn2[C@@H]1O[C@H](CO)[C@@H](O)[C@@H]1F.Nc1ncnc2c1c(Sc1cccc(Cl)c1)nn2[C@@H]1O[C@H](COS(N)(=O)=O)[C@@H](O)[C@@H]1F.Sc1cccc(Cl)c1. The van der Waals surface area contributed by atoms with Gasteiger partial charge in [-0.1, -0.05) is 76.5 Å². The molecule has 458 valence electrons. The molecular weight excluding hydrogens is 1400 g/mol. The second-order valence-corrected chi connectivity index (χ2v) is 24.5. The number of thiol groups is 1. The van der Waals surface area contributed by atoms with Gasteiger partial charge in [0.2, 0.25) is 0 Å². The number of alkyl halides is 3. The highest BCUT2D eigenvalue weighted by Gasteiger charge is 2.49. The number of nitrogens with zero attached hydrogens (tertiary/aromatic N) is 12. The molecule has 3 aliphatic rings. The van der Waals surface area contributed by atoms with E-state index in [0.717, 1.165) is 24.4 Å². The number of hydrogen-bond acceptors (Lipinski definition) is 26. The van der Waals surface area contributed by atoms with Gasteiger partial charge in [-0.05, 0) is 77.2 Å². The zero-order chi connectivity index (χ0) is 61.9. The predicted molar refractivity (Wildman–Crippen MR) is 319 cm³/mol. The van der Waals surface area contributed by atoms with Crippen LogP contribution in [0.2, 0.25) is 15.1 Å². The molecule has 12 rings (SSSR count). The van der Waals surface area contributed by atoms with E-state index < -0.39 is 104 Å². The largest absolute Gasteiger partial charge is 0.394 e. The summed E-state index contributed by atoms with van der Waals surface area (Å²) in [7, 11) is -4.30. The van der Waals surface area contributed by atoms with Crippen LogP contribution < -0.4 is 22.3 Å². The fourth-order valence-corrected chi connectivity index (χ4v) is 12.7. The van der Waals surface area contributed by atoms with Gasteiger partial charge in [-0.2, -0.15) is 23.7 Å². The Morgan fingerprint density at radius 3 is 1.34 bits per heavy atom. The quantitative estimate of drug-likeness (QED) is 0.0564. The number of ether oxygens (including phenoxy) is 3. The van der Waals surface area contributed by atoms with E-state index >= 15 is 0 Å². The van der Waals surface area contributed by atoms with Gasteiger partial charge in [0.25, 0.3) is 0 Å². The van der Waals surface area contributed by atoms with Crippen LogP contribution in [-0.2, 0) is 28.7 Å². The van der Waals surface area contributed by atoms with Crippen molar-refractivity contribution >= 4 is 154 Å². The van der Waals surface area contributed by atoms with Crippen molar-refractivity contribution in [1.82, 2.24) is 59.2 Å². The molecule has 13 N–H and O–H groups in total. The number of hydrogen-bond donors (Lipinski definition) is 10. The van der Waals surface area contributed by atoms with Gasteiger partial charge < -0.3 is 56.9 Å². The van der Waals surface area contributed by atoms with Crippen molar-refractivity contribution in [3.8, 4) is 0 Å². The van der Waals surface area contributed by atoms with Crippen LogP contribution in [0, 0.1) is 3.70 Å². The van der Waals surface area contributed by atoms with Gasteiger partial charge in [-0.3, -0.25) is 4.18 Å². The van der Waals surface area contributed by atoms with E-state index in [0.29, 0.717) is 45.6 Å². The van der Waals surface area contributed by atoms with Crippen molar-refractivity contribution in [2.45, 2.75) is 98.6 Å². The van der Waals surface area contributed by atoms with Crippen LogP contribution in [0.15, 0.2) is 117 Å². The number of nitrogens with two attached hydrogens (primary N) is 4. The van der Waals surface area contributed by atoms with Crippen molar-refractivity contribution < 1.29 is 65.5 Å². The summed E-state index contributed by atoms with van der Waals surface area (Å²) >= 11 is 26.1. The normalized spacial score (nSPS) is 24.5. The Kier molecular flexibility index (Phi) is 21.2. The fourth-order valence-electron chi connectivity index (χ4n) is 8.62. The second-order valence-electron chi connectivity index (χ2n) is 18.3. The molecule has 9 heterocycles. The lowest BCUT2D eigenvalue weighted by Gasteiger charge is -2.14. The molecule has 38 heteroatoms. The summed E-state index contributed by atoms with van der Waals surface area (Å²) in [4.78, 5) is 26.6. The number of benzene rings is 3. The third-order valence-electron chi connectivity index (χ3n) is 12.6. The molecule has 0 unspecified atom stereocenters. The molecule has 0 spiro atoms. The molecule has 27 nitrogen and oxygen atoms in total. The topological polar surface area (TPSA) is 407 Å². The van der Waals surface area contributed by atoms with Crippen molar-refractivity contribution in [2.75, 3.05) is 37.0 Å². The number of aliphatic hydroxyl groups excluding tert-OH is 5. The van der Waals surface area contributed by atoms with Gasteiger partial charge >= 0.3 is 10.3 Å². The maximum Gasteiger partial charge on any atom is 0.333 e. The Hall–Kier alpha value is -5.30. The van der Waals surface area contributed by atoms with Gasteiger partial charge in [-0.25, -0.2) is 62.3 Å². The van der Waals surface area contributed by atoms with Crippen LogP contribution in [0.5, 0.6) is 0 Å². The molecule has 86 heavy (non-hydrogen) atoms. The van der Waals surface area contributed by atoms with E-state index in [1.54, 1.807) is 48.5 Å². The zero-order valence-corrected chi connectivity index (χ0v) is 51.2. The fraction of sp³-hybridized carbons (Fsp3) is 0.312. The van der Waals surface area contributed by atoms with E-state index in [2.05, 4.69) is 62.0 Å². The van der Waals surface area contributed by atoms with Crippen LogP contribution >= 0.6 is 93.5 Å². The third-order valence-corrected chi connectivity index (χ3v) is 16.8. The summed E-state index contributed by atoms with van der Waals surface area (Å²) in [6, 6.07) is 21.5. The molecule has 0 radical (unpaired) electrons. The average Bonchev–Trinajstić information content (AvgIpc) is 1.87. The minimum Gasteiger partial charge on any atom is -0.394 e. The summed E-state index contributed by atoms with van der Waals surface area (Å²) in [5.74, 6) is 0.533. The Bertz CT molecular complexity index is 3980. The summed E-state index contributed by atoms with van der Waals surface area (Å²) in [5.41, 5.74) is 18.5.